The molecule has 0 aliphatic rings. The Labute approximate surface area is 212 Å². The van der Waals surface area contributed by atoms with Crippen molar-refractivity contribution >= 4 is 23.8 Å². The molecule has 1 aromatic carbocycles. The maximum Gasteiger partial charge on any atom is 0.328 e. The van der Waals surface area contributed by atoms with Gasteiger partial charge in [0.2, 0.25) is 5.91 Å². The number of phenolic OH excluding ortho intramolecular Hbond substituents is 2. The maximum absolute atomic E-state index is 13.8. The van der Waals surface area contributed by atoms with Crippen LogP contribution in [0, 0.1) is 16.2 Å². The first kappa shape index (κ1) is 30.7. The van der Waals surface area contributed by atoms with E-state index in [9.17, 15) is 29.4 Å². The first-order valence-corrected chi connectivity index (χ1v) is 11.7. The molecule has 3 atom stereocenters. The number of carbonyl (C=O) groups is 4. The number of esters is 3. The lowest BCUT2D eigenvalue weighted by Crippen LogP contribution is -2.52. The molecule has 10 nitrogen and oxygen atoms in total. The van der Waals surface area contributed by atoms with Gasteiger partial charge in [0, 0.05) is 11.8 Å². The molecule has 1 aromatic rings. The lowest BCUT2D eigenvalue weighted by atomic mass is 9.64. The Hall–Kier alpha value is -3.30. The predicted octanol–water partition coefficient (Wildman–Crippen LogP) is 2.87. The van der Waals surface area contributed by atoms with E-state index in [1.54, 1.807) is 34.6 Å². The van der Waals surface area contributed by atoms with E-state index in [1.807, 2.05) is 0 Å². The summed E-state index contributed by atoms with van der Waals surface area (Å²) in [5, 5.41) is 22.1. The number of nitrogens with one attached hydrogen (secondary N) is 1. The zero-order valence-corrected chi connectivity index (χ0v) is 22.4. The van der Waals surface area contributed by atoms with E-state index in [1.165, 1.54) is 39.5 Å². The van der Waals surface area contributed by atoms with E-state index in [0.29, 0.717) is 12.0 Å². The van der Waals surface area contributed by atoms with Crippen LogP contribution in [0.3, 0.4) is 0 Å². The molecule has 0 spiro atoms. The van der Waals surface area contributed by atoms with Crippen molar-refractivity contribution in [2.24, 2.45) is 16.2 Å². The third-order valence-electron chi connectivity index (χ3n) is 6.63. The normalized spacial score (nSPS) is 15.6. The van der Waals surface area contributed by atoms with Crippen LogP contribution in [0.25, 0.3) is 0 Å². The molecule has 0 fully saturated rings. The number of aromatic hydroxyl groups is 2. The molecule has 10 heteroatoms. The second-order valence-electron chi connectivity index (χ2n) is 10.3. The number of benzene rings is 1. The van der Waals surface area contributed by atoms with Gasteiger partial charge in [-0.3, -0.25) is 14.4 Å². The van der Waals surface area contributed by atoms with Gasteiger partial charge in [0.25, 0.3) is 0 Å². The summed E-state index contributed by atoms with van der Waals surface area (Å²) < 4.78 is 14.8. The molecule has 0 saturated heterocycles. The lowest BCUT2D eigenvalue weighted by molar-refractivity contribution is -0.159. The van der Waals surface area contributed by atoms with Crippen molar-refractivity contribution in [3.63, 3.8) is 0 Å². The molecule has 3 unspecified atom stereocenters. The molecular weight excluding hydrogens is 470 g/mol. The van der Waals surface area contributed by atoms with Crippen LogP contribution < -0.4 is 5.32 Å². The second-order valence-corrected chi connectivity index (χ2v) is 10.3. The number of hydrogen-bond acceptors (Lipinski definition) is 9. The molecular formula is C26H39NO9. The topological polar surface area (TPSA) is 148 Å². The van der Waals surface area contributed by atoms with Gasteiger partial charge in [-0.1, -0.05) is 19.9 Å². The van der Waals surface area contributed by atoms with E-state index in [2.05, 4.69) is 5.32 Å². The summed E-state index contributed by atoms with van der Waals surface area (Å²) in [7, 11) is 3.71. The van der Waals surface area contributed by atoms with Gasteiger partial charge in [-0.2, -0.15) is 0 Å². The zero-order chi connectivity index (χ0) is 27.9. The van der Waals surface area contributed by atoms with Crippen molar-refractivity contribution in [1.82, 2.24) is 5.32 Å². The Morgan fingerprint density at radius 1 is 0.861 bits per heavy atom. The fourth-order valence-electron chi connectivity index (χ4n) is 4.60. The van der Waals surface area contributed by atoms with Gasteiger partial charge in [-0.05, 0) is 57.7 Å². The van der Waals surface area contributed by atoms with Gasteiger partial charge < -0.3 is 29.7 Å². The molecule has 0 aliphatic heterocycles. The highest BCUT2D eigenvalue weighted by molar-refractivity contribution is 5.89. The summed E-state index contributed by atoms with van der Waals surface area (Å²) in [6, 6.07) is 2.91. The summed E-state index contributed by atoms with van der Waals surface area (Å²) in [6.45, 7) is 8.40. The SMILES string of the molecule is CCC(C)(CC(C)(CC(C)(C)C(=O)OC)C(=O)NC(Cc1ccc(O)c(O)c1)C(=O)OC)C(=O)OC. The Morgan fingerprint density at radius 3 is 1.92 bits per heavy atom. The lowest BCUT2D eigenvalue weighted by Gasteiger charge is -2.40. The first-order valence-electron chi connectivity index (χ1n) is 11.7. The fourth-order valence-corrected chi connectivity index (χ4v) is 4.60. The first-order chi connectivity index (χ1) is 16.6. The Balaban J connectivity index is 3.44. The molecule has 202 valence electrons. The third-order valence-corrected chi connectivity index (χ3v) is 6.63. The van der Waals surface area contributed by atoms with Gasteiger partial charge in [-0.25, -0.2) is 4.79 Å². The van der Waals surface area contributed by atoms with Crippen molar-refractivity contribution in [2.45, 2.75) is 66.3 Å². The van der Waals surface area contributed by atoms with Gasteiger partial charge >= 0.3 is 17.9 Å². The predicted molar refractivity (Wildman–Crippen MR) is 131 cm³/mol. The molecule has 3 N–H and O–H groups in total. The van der Waals surface area contributed by atoms with Crippen LogP contribution in [0.4, 0.5) is 0 Å². The van der Waals surface area contributed by atoms with Crippen LogP contribution in [0.2, 0.25) is 0 Å². The van der Waals surface area contributed by atoms with E-state index in [0.717, 1.165) is 0 Å². The Morgan fingerprint density at radius 2 is 1.44 bits per heavy atom. The Kier molecular flexibility index (Phi) is 10.3. The average Bonchev–Trinajstić information content (AvgIpc) is 2.83. The van der Waals surface area contributed by atoms with E-state index >= 15 is 0 Å². The van der Waals surface area contributed by atoms with E-state index in [4.69, 9.17) is 14.2 Å². The molecule has 1 rings (SSSR count). The summed E-state index contributed by atoms with van der Waals surface area (Å²) in [5.74, 6) is -3.01. The Bertz CT molecular complexity index is 974. The monoisotopic (exact) mass is 509 g/mol. The standard InChI is InChI=1S/C26H39NO9/c1-9-25(4,23(33)36-8)15-26(5,14-24(2,3)22(32)35-7)21(31)27-17(20(30)34-6)12-16-10-11-18(28)19(29)13-16/h10-11,13,17,28-29H,9,12,14-15H2,1-8H3,(H,27,31). The van der Waals surface area contributed by atoms with Gasteiger partial charge in [0.1, 0.15) is 6.04 Å². The molecule has 0 heterocycles. The highest BCUT2D eigenvalue weighted by Crippen LogP contribution is 2.45. The van der Waals surface area contributed by atoms with Crippen molar-refractivity contribution in [3.05, 3.63) is 23.8 Å². The van der Waals surface area contributed by atoms with Crippen LogP contribution in [0.15, 0.2) is 18.2 Å². The van der Waals surface area contributed by atoms with Crippen molar-refractivity contribution in [3.8, 4) is 11.5 Å². The summed E-state index contributed by atoms with van der Waals surface area (Å²) in [6.07, 6.45) is 0.376. The number of phenols is 2. The summed E-state index contributed by atoms with van der Waals surface area (Å²) >= 11 is 0. The van der Waals surface area contributed by atoms with Crippen LogP contribution in [-0.4, -0.2) is 61.4 Å². The number of hydrogen-bond donors (Lipinski definition) is 3. The van der Waals surface area contributed by atoms with Crippen LogP contribution >= 0.6 is 0 Å². The molecule has 0 radical (unpaired) electrons. The molecule has 1 amide bonds. The third kappa shape index (κ3) is 7.35. The minimum atomic E-state index is -1.31. The minimum absolute atomic E-state index is 0.0129. The van der Waals surface area contributed by atoms with Crippen molar-refractivity contribution in [2.75, 3.05) is 21.3 Å². The molecule has 36 heavy (non-hydrogen) atoms. The molecule has 0 saturated carbocycles. The number of amides is 1. The van der Waals surface area contributed by atoms with E-state index in [-0.39, 0.29) is 30.8 Å². The summed E-state index contributed by atoms with van der Waals surface area (Å²) in [4.78, 5) is 51.5. The fraction of sp³-hybridized carbons (Fsp3) is 0.615. The van der Waals surface area contributed by atoms with Gasteiger partial charge in [0.05, 0.1) is 32.2 Å². The minimum Gasteiger partial charge on any atom is -0.504 e. The highest BCUT2D eigenvalue weighted by atomic mass is 16.5. The number of rotatable bonds is 12. The van der Waals surface area contributed by atoms with Gasteiger partial charge in [0.15, 0.2) is 11.5 Å². The second kappa shape index (κ2) is 12.1. The van der Waals surface area contributed by atoms with E-state index < -0.39 is 46.1 Å². The highest BCUT2D eigenvalue weighted by Gasteiger charge is 2.49. The quantitative estimate of drug-likeness (QED) is 0.220. The van der Waals surface area contributed by atoms with Gasteiger partial charge in [-0.15, -0.1) is 0 Å². The number of ether oxygens (including phenoxy) is 3. The smallest absolute Gasteiger partial charge is 0.328 e. The van der Waals surface area contributed by atoms with Crippen LogP contribution in [0.1, 0.15) is 59.4 Å². The zero-order valence-electron chi connectivity index (χ0n) is 22.4. The van der Waals surface area contributed by atoms with Crippen molar-refractivity contribution < 1.29 is 43.6 Å². The van der Waals surface area contributed by atoms with Crippen molar-refractivity contribution in [1.29, 1.82) is 0 Å². The van der Waals surface area contributed by atoms with Crippen LogP contribution in [0.5, 0.6) is 11.5 Å². The largest absolute Gasteiger partial charge is 0.504 e. The molecule has 0 aromatic heterocycles. The van der Waals surface area contributed by atoms with Crippen LogP contribution in [-0.2, 0) is 39.8 Å². The number of methoxy groups -OCH3 is 3. The molecule has 0 aliphatic carbocycles. The summed E-state index contributed by atoms with van der Waals surface area (Å²) in [5.41, 5.74) is -2.98. The average molecular weight is 510 g/mol. The number of carbonyl (C=O) groups excluding carboxylic acids is 4. The maximum atomic E-state index is 13.8. The molecule has 0 bridgehead atoms.